The van der Waals surface area contributed by atoms with Gasteiger partial charge < -0.3 is 5.11 Å². The molecule has 1 aromatic rings. The Bertz CT molecular complexity index is 390. The maximum absolute atomic E-state index is 10.5. The quantitative estimate of drug-likeness (QED) is 0.779. The molecule has 3 rings (SSSR count). The molecule has 0 aromatic heterocycles. The maximum Gasteiger partial charge on any atom is 0.0826 e. The summed E-state index contributed by atoms with van der Waals surface area (Å²) in [5.41, 5.74) is 2.57. The van der Waals surface area contributed by atoms with E-state index in [1.807, 2.05) is 6.07 Å². The van der Waals surface area contributed by atoms with Crippen LogP contribution in [-0.4, -0.2) is 5.11 Å². The maximum atomic E-state index is 10.5. The van der Waals surface area contributed by atoms with Crippen LogP contribution < -0.4 is 0 Å². The molecule has 0 spiro atoms. The Morgan fingerprint density at radius 3 is 2.47 bits per heavy atom. The molecule has 2 aliphatic rings. The molecule has 0 amide bonds. The van der Waals surface area contributed by atoms with Crippen molar-refractivity contribution in [2.75, 3.05) is 0 Å². The van der Waals surface area contributed by atoms with Gasteiger partial charge in [-0.3, -0.25) is 0 Å². The van der Waals surface area contributed by atoms with Crippen LogP contribution in [0.2, 0.25) is 0 Å². The van der Waals surface area contributed by atoms with Crippen molar-refractivity contribution in [2.45, 2.75) is 45.1 Å². The largest absolute Gasteiger partial charge is 0.388 e. The zero-order valence-corrected chi connectivity index (χ0v) is 10.6. The summed E-state index contributed by atoms with van der Waals surface area (Å²) in [7, 11) is 0. The van der Waals surface area contributed by atoms with Crippen molar-refractivity contribution in [3.05, 3.63) is 35.4 Å². The van der Waals surface area contributed by atoms with E-state index in [1.54, 1.807) is 0 Å². The van der Waals surface area contributed by atoms with E-state index in [9.17, 15) is 5.11 Å². The van der Waals surface area contributed by atoms with Gasteiger partial charge in [0.05, 0.1) is 6.10 Å². The molecule has 2 atom stereocenters. The smallest absolute Gasteiger partial charge is 0.0826 e. The Balaban J connectivity index is 1.75. The minimum Gasteiger partial charge on any atom is -0.388 e. The monoisotopic (exact) mass is 230 g/mol. The highest BCUT2D eigenvalue weighted by Gasteiger charge is 2.37. The first-order valence-corrected chi connectivity index (χ1v) is 7.01. The second-order valence-corrected chi connectivity index (χ2v) is 6.03. The Hall–Kier alpha value is -0.820. The SMILES string of the molecule is CC1CCC(C2Cc3ccccc3C2O)CC1. The topological polar surface area (TPSA) is 20.2 Å². The molecule has 1 nitrogen and oxygen atoms in total. The third-order valence-electron chi connectivity index (χ3n) is 4.90. The molecule has 0 saturated heterocycles. The van der Waals surface area contributed by atoms with Crippen LogP contribution in [0.3, 0.4) is 0 Å². The van der Waals surface area contributed by atoms with Gasteiger partial charge >= 0.3 is 0 Å². The average molecular weight is 230 g/mol. The van der Waals surface area contributed by atoms with Gasteiger partial charge in [-0.05, 0) is 48.1 Å². The van der Waals surface area contributed by atoms with Crippen LogP contribution in [0.4, 0.5) is 0 Å². The summed E-state index contributed by atoms with van der Waals surface area (Å²) in [6.45, 7) is 2.36. The van der Waals surface area contributed by atoms with Crippen LogP contribution in [0.15, 0.2) is 24.3 Å². The van der Waals surface area contributed by atoms with Crippen LogP contribution in [0, 0.1) is 17.8 Å². The van der Waals surface area contributed by atoms with Crippen molar-refractivity contribution in [2.24, 2.45) is 17.8 Å². The highest BCUT2D eigenvalue weighted by atomic mass is 16.3. The van der Waals surface area contributed by atoms with Crippen molar-refractivity contribution in [3.63, 3.8) is 0 Å². The van der Waals surface area contributed by atoms with Crippen molar-refractivity contribution in [3.8, 4) is 0 Å². The van der Waals surface area contributed by atoms with Crippen LogP contribution in [0.1, 0.15) is 49.8 Å². The van der Waals surface area contributed by atoms with E-state index in [0.29, 0.717) is 5.92 Å². The molecular formula is C16H22O. The molecule has 0 radical (unpaired) electrons. The molecular weight excluding hydrogens is 208 g/mol. The molecule has 0 aliphatic heterocycles. The predicted molar refractivity (Wildman–Crippen MR) is 69.7 cm³/mol. The zero-order chi connectivity index (χ0) is 11.8. The summed E-state index contributed by atoms with van der Waals surface area (Å²) >= 11 is 0. The van der Waals surface area contributed by atoms with Gasteiger partial charge in [-0.15, -0.1) is 0 Å². The van der Waals surface area contributed by atoms with Crippen molar-refractivity contribution >= 4 is 0 Å². The van der Waals surface area contributed by atoms with Crippen molar-refractivity contribution < 1.29 is 5.11 Å². The van der Waals surface area contributed by atoms with Gasteiger partial charge in [0.25, 0.3) is 0 Å². The van der Waals surface area contributed by atoms with E-state index in [1.165, 1.54) is 36.8 Å². The van der Waals surface area contributed by atoms with Gasteiger partial charge in [0.1, 0.15) is 0 Å². The first-order valence-electron chi connectivity index (χ1n) is 7.01. The standard InChI is InChI=1S/C16H22O/c1-11-6-8-12(9-7-11)15-10-13-4-2-3-5-14(13)16(15)17/h2-5,11-12,15-17H,6-10H2,1H3. The highest BCUT2D eigenvalue weighted by Crippen LogP contribution is 2.45. The lowest BCUT2D eigenvalue weighted by molar-refractivity contribution is 0.0660. The Morgan fingerprint density at radius 1 is 1.06 bits per heavy atom. The number of fused-ring (bicyclic) bond motifs is 1. The fraction of sp³-hybridized carbons (Fsp3) is 0.625. The van der Waals surface area contributed by atoms with Gasteiger partial charge in [0, 0.05) is 0 Å². The summed E-state index contributed by atoms with van der Waals surface area (Å²) in [6.07, 6.45) is 6.23. The Kier molecular flexibility index (Phi) is 2.96. The first-order chi connectivity index (χ1) is 8.25. The van der Waals surface area contributed by atoms with Gasteiger partial charge in [0.15, 0.2) is 0 Å². The number of aliphatic hydroxyl groups excluding tert-OH is 1. The number of hydrogen-bond acceptors (Lipinski definition) is 1. The molecule has 1 heteroatoms. The molecule has 2 aliphatic carbocycles. The normalized spacial score (nSPS) is 36.8. The summed E-state index contributed by atoms with van der Waals surface area (Å²) in [5, 5.41) is 10.5. The van der Waals surface area contributed by atoms with E-state index < -0.39 is 0 Å². The Morgan fingerprint density at radius 2 is 1.76 bits per heavy atom. The van der Waals surface area contributed by atoms with Crippen molar-refractivity contribution in [1.82, 2.24) is 0 Å². The summed E-state index contributed by atoms with van der Waals surface area (Å²) < 4.78 is 0. The predicted octanol–water partition coefficient (Wildman–Crippen LogP) is 3.72. The second-order valence-electron chi connectivity index (χ2n) is 6.03. The van der Waals surface area contributed by atoms with E-state index in [0.717, 1.165) is 18.3 Å². The number of benzene rings is 1. The number of aliphatic hydroxyl groups is 1. The lowest BCUT2D eigenvalue weighted by Crippen LogP contribution is -2.23. The van der Waals surface area contributed by atoms with Gasteiger partial charge in [-0.1, -0.05) is 44.0 Å². The minimum atomic E-state index is -0.204. The third kappa shape index (κ3) is 2.01. The van der Waals surface area contributed by atoms with E-state index in [2.05, 4.69) is 25.1 Å². The molecule has 1 fully saturated rings. The molecule has 1 N–H and O–H groups in total. The minimum absolute atomic E-state index is 0.204. The molecule has 0 heterocycles. The average Bonchev–Trinajstić information content (AvgIpc) is 2.69. The number of hydrogen-bond donors (Lipinski definition) is 1. The molecule has 92 valence electrons. The van der Waals surface area contributed by atoms with Crippen molar-refractivity contribution in [1.29, 1.82) is 0 Å². The molecule has 1 aromatic carbocycles. The lowest BCUT2D eigenvalue weighted by Gasteiger charge is -2.32. The first kappa shape index (κ1) is 11.3. The third-order valence-corrected chi connectivity index (χ3v) is 4.90. The molecule has 0 bridgehead atoms. The summed E-state index contributed by atoms with van der Waals surface area (Å²) in [6, 6.07) is 8.43. The highest BCUT2D eigenvalue weighted by molar-refractivity contribution is 5.34. The Labute approximate surface area is 104 Å². The van der Waals surface area contributed by atoms with Crippen LogP contribution >= 0.6 is 0 Å². The van der Waals surface area contributed by atoms with Crippen LogP contribution in [0.25, 0.3) is 0 Å². The van der Waals surface area contributed by atoms with E-state index >= 15 is 0 Å². The van der Waals surface area contributed by atoms with Gasteiger partial charge in [0.2, 0.25) is 0 Å². The van der Waals surface area contributed by atoms with Crippen LogP contribution in [0.5, 0.6) is 0 Å². The molecule has 17 heavy (non-hydrogen) atoms. The lowest BCUT2D eigenvalue weighted by atomic mass is 9.74. The van der Waals surface area contributed by atoms with Gasteiger partial charge in [-0.25, -0.2) is 0 Å². The van der Waals surface area contributed by atoms with E-state index in [-0.39, 0.29) is 6.10 Å². The van der Waals surface area contributed by atoms with Gasteiger partial charge in [-0.2, -0.15) is 0 Å². The molecule has 1 saturated carbocycles. The molecule has 2 unspecified atom stereocenters. The summed E-state index contributed by atoms with van der Waals surface area (Å²) in [5.74, 6) is 2.13. The second kappa shape index (κ2) is 4.45. The fourth-order valence-corrected chi connectivity index (χ4v) is 3.74. The van der Waals surface area contributed by atoms with Crippen LogP contribution in [-0.2, 0) is 6.42 Å². The van der Waals surface area contributed by atoms with E-state index in [4.69, 9.17) is 0 Å². The fourth-order valence-electron chi connectivity index (χ4n) is 3.74. The number of rotatable bonds is 1. The zero-order valence-electron chi connectivity index (χ0n) is 10.6. The summed E-state index contributed by atoms with van der Waals surface area (Å²) in [4.78, 5) is 0.